The quantitative estimate of drug-likeness (QED) is 0.785. The average Bonchev–Trinajstić information content (AvgIpc) is 2.43. The van der Waals surface area contributed by atoms with Crippen LogP contribution < -0.4 is 10.6 Å². The van der Waals surface area contributed by atoms with Gasteiger partial charge in [0.15, 0.2) is 0 Å². The van der Waals surface area contributed by atoms with Gasteiger partial charge in [0.1, 0.15) is 6.04 Å². The van der Waals surface area contributed by atoms with Crippen LogP contribution in [0.25, 0.3) is 0 Å². The van der Waals surface area contributed by atoms with E-state index in [9.17, 15) is 9.59 Å². The monoisotopic (exact) mass is 286 g/mol. The van der Waals surface area contributed by atoms with E-state index >= 15 is 0 Å². The molecule has 0 aliphatic rings. The fraction of sp³-hybridized carbons (Fsp3) is 0.412. The molecular formula is C17H22N2O2. The van der Waals surface area contributed by atoms with E-state index in [0.29, 0.717) is 12.0 Å². The molecule has 21 heavy (non-hydrogen) atoms. The predicted octanol–water partition coefficient (Wildman–Crippen LogP) is 1.89. The third-order valence-corrected chi connectivity index (χ3v) is 3.08. The summed E-state index contributed by atoms with van der Waals surface area (Å²) >= 11 is 0. The number of benzene rings is 1. The van der Waals surface area contributed by atoms with Gasteiger partial charge in [0, 0.05) is 5.56 Å². The fourth-order valence-electron chi connectivity index (χ4n) is 2.03. The molecule has 0 bridgehead atoms. The molecule has 2 N–H and O–H groups in total. The smallest absolute Gasteiger partial charge is 0.252 e. The van der Waals surface area contributed by atoms with Crippen LogP contribution in [-0.4, -0.2) is 24.4 Å². The van der Waals surface area contributed by atoms with Gasteiger partial charge < -0.3 is 10.6 Å². The average molecular weight is 286 g/mol. The zero-order chi connectivity index (χ0) is 15.8. The van der Waals surface area contributed by atoms with Crippen molar-refractivity contribution in [2.45, 2.75) is 33.2 Å². The molecule has 0 aromatic heterocycles. The highest BCUT2D eigenvalue weighted by atomic mass is 16.2. The highest BCUT2D eigenvalue weighted by molar-refractivity contribution is 5.98. The Kier molecular flexibility index (Phi) is 6.48. The largest absolute Gasteiger partial charge is 0.343 e. The second-order valence-corrected chi connectivity index (χ2v) is 5.39. The highest BCUT2D eigenvalue weighted by Crippen LogP contribution is 2.10. The number of carbonyl (C=O) groups excluding carboxylic acids is 2. The molecule has 0 saturated heterocycles. The van der Waals surface area contributed by atoms with Crippen LogP contribution in [0.5, 0.6) is 0 Å². The van der Waals surface area contributed by atoms with Crippen molar-refractivity contribution in [2.75, 3.05) is 6.54 Å². The minimum atomic E-state index is -0.578. The normalized spacial score (nSPS) is 11.6. The lowest BCUT2D eigenvalue weighted by Crippen LogP contribution is -2.47. The standard InChI is InChI=1S/C17H22N2O2/c1-5-10-18-17(21)15(11-12(2)3)19-16(20)14-9-7-6-8-13(14)4/h1,6-9,12,15H,10-11H2,2-4H3,(H,18,21)(H,19,20). The Bertz CT molecular complexity index is 544. The molecule has 2 amide bonds. The molecular weight excluding hydrogens is 264 g/mol. The molecule has 1 rings (SSSR count). The number of rotatable bonds is 6. The van der Waals surface area contributed by atoms with E-state index in [4.69, 9.17) is 6.42 Å². The summed E-state index contributed by atoms with van der Waals surface area (Å²) in [5.74, 6) is 2.15. The summed E-state index contributed by atoms with van der Waals surface area (Å²) in [6, 6.07) is 6.71. The summed E-state index contributed by atoms with van der Waals surface area (Å²) in [6.45, 7) is 6.03. The molecule has 1 unspecified atom stereocenters. The number of nitrogens with one attached hydrogen (secondary N) is 2. The zero-order valence-electron chi connectivity index (χ0n) is 12.8. The predicted molar refractivity (Wildman–Crippen MR) is 83.7 cm³/mol. The first-order chi connectivity index (χ1) is 9.95. The van der Waals surface area contributed by atoms with Gasteiger partial charge in [-0.25, -0.2) is 0 Å². The maximum Gasteiger partial charge on any atom is 0.252 e. The SMILES string of the molecule is C#CCNC(=O)C(CC(C)C)NC(=O)c1ccccc1C. The minimum Gasteiger partial charge on any atom is -0.343 e. The maximum atomic E-state index is 12.3. The van der Waals surface area contributed by atoms with E-state index in [2.05, 4.69) is 16.6 Å². The summed E-state index contributed by atoms with van der Waals surface area (Å²) in [5.41, 5.74) is 1.46. The molecule has 0 saturated carbocycles. The number of aryl methyl sites for hydroxylation is 1. The van der Waals surface area contributed by atoms with Crippen molar-refractivity contribution in [3.8, 4) is 12.3 Å². The summed E-state index contributed by atoms with van der Waals surface area (Å²) in [6.07, 6.45) is 5.70. The van der Waals surface area contributed by atoms with E-state index in [1.807, 2.05) is 32.9 Å². The van der Waals surface area contributed by atoms with Gasteiger partial charge in [-0.3, -0.25) is 9.59 Å². The molecule has 0 aliphatic heterocycles. The Balaban J connectivity index is 2.81. The maximum absolute atomic E-state index is 12.3. The van der Waals surface area contributed by atoms with Gasteiger partial charge in [0.2, 0.25) is 5.91 Å². The Hall–Kier alpha value is -2.28. The third-order valence-electron chi connectivity index (χ3n) is 3.08. The van der Waals surface area contributed by atoms with Crippen LogP contribution in [-0.2, 0) is 4.79 Å². The van der Waals surface area contributed by atoms with E-state index in [1.54, 1.807) is 12.1 Å². The Morgan fingerprint density at radius 3 is 2.52 bits per heavy atom. The van der Waals surface area contributed by atoms with Gasteiger partial charge in [0.25, 0.3) is 5.91 Å². The Morgan fingerprint density at radius 1 is 1.29 bits per heavy atom. The van der Waals surface area contributed by atoms with Gasteiger partial charge >= 0.3 is 0 Å². The van der Waals surface area contributed by atoms with Gasteiger partial charge in [-0.15, -0.1) is 6.42 Å². The van der Waals surface area contributed by atoms with E-state index < -0.39 is 6.04 Å². The lowest BCUT2D eigenvalue weighted by Gasteiger charge is -2.20. The molecule has 112 valence electrons. The van der Waals surface area contributed by atoms with Crippen molar-refractivity contribution in [1.82, 2.24) is 10.6 Å². The van der Waals surface area contributed by atoms with Crippen LogP contribution in [0, 0.1) is 25.2 Å². The molecule has 4 heteroatoms. The van der Waals surface area contributed by atoms with Gasteiger partial charge in [0.05, 0.1) is 6.54 Å². The molecule has 0 radical (unpaired) electrons. The van der Waals surface area contributed by atoms with Crippen LogP contribution in [0.1, 0.15) is 36.2 Å². The highest BCUT2D eigenvalue weighted by Gasteiger charge is 2.22. The Morgan fingerprint density at radius 2 is 1.95 bits per heavy atom. The van der Waals surface area contributed by atoms with Crippen molar-refractivity contribution < 1.29 is 9.59 Å². The molecule has 0 spiro atoms. The van der Waals surface area contributed by atoms with E-state index in [0.717, 1.165) is 5.56 Å². The van der Waals surface area contributed by atoms with Gasteiger partial charge in [-0.1, -0.05) is 38.0 Å². The van der Waals surface area contributed by atoms with Crippen molar-refractivity contribution in [1.29, 1.82) is 0 Å². The van der Waals surface area contributed by atoms with Crippen LogP contribution in [0.4, 0.5) is 0 Å². The second kappa shape index (κ2) is 8.11. The van der Waals surface area contributed by atoms with Crippen molar-refractivity contribution >= 4 is 11.8 Å². The van der Waals surface area contributed by atoms with Crippen molar-refractivity contribution in [3.63, 3.8) is 0 Å². The number of carbonyl (C=O) groups is 2. The molecule has 0 heterocycles. The summed E-state index contributed by atoms with van der Waals surface area (Å²) in [4.78, 5) is 24.4. The second-order valence-electron chi connectivity index (χ2n) is 5.39. The van der Waals surface area contributed by atoms with E-state index in [1.165, 1.54) is 0 Å². The van der Waals surface area contributed by atoms with Crippen LogP contribution in [0.15, 0.2) is 24.3 Å². The van der Waals surface area contributed by atoms with Crippen LogP contribution in [0.2, 0.25) is 0 Å². The number of hydrogen-bond acceptors (Lipinski definition) is 2. The number of terminal acetylenes is 1. The fourth-order valence-corrected chi connectivity index (χ4v) is 2.03. The van der Waals surface area contributed by atoms with Gasteiger partial charge in [-0.2, -0.15) is 0 Å². The first-order valence-electron chi connectivity index (χ1n) is 7.03. The number of hydrogen-bond donors (Lipinski definition) is 2. The molecule has 4 nitrogen and oxygen atoms in total. The Labute approximate surface area is 126 Å². The van der Waals surface area contributed by atoms with Gasteiger partial charge in [-0.05, 0) is 30.9 Å². The lowest BCUT2D eigenvalue weighted by atomic mass is 10.0. The first kappa shape index (κ1) is 16.8. The van der Waals surface area contributed by atoms with Crippen molar-refractivity contribution in [3.05, 3.63) is 35.4 Å². The summed E-state index contributed by atoms with van der Waals surface area (Å²) < 4.78 is 0. The summed E-state index contributed by atoms with van der Waals surface area (Å²) in [5, 5.41) is 5.41. The molecule has 0 aliphatic carbocycles. The topological polar surface area (TPSA) is 58.2 Å². The number of amides is 2. The lowest BCUT2D eigenvalue weighted by molar-refractivity contribution is -0.123. The molecule has 0 fully saturated rings. The molecule has 1 aromatic rings. The van der Waals surface area contributed by atoms with Crippen LogP contribution >= 0.6 is 0 Å². The third kappa shape index (κ3) is 5.31. The van der Waals surface area contributed by atoms with E-state index in [-0.39, 0.29) is 24.3 Å². The van der Waals surface area contributed by atoms with Crippen molar-refractivity contribution in [2.24, 2.45) is 5.92 Å². The minimum absolute atomic E-state index is 0.160. The molecule has 1 atom stereocenters. The zero-order valence-corrected chi connectivity index (χ0v) is 12.8. The molecule has 1 aromatic carbocycles. The summed E-state index contributed by atoms with van der Waals surface area (Å²) in [7, 11) is 0. The van der Waals surface area contributed by atoms with Crippen LogP contribution in [0.3, 0.4) is 0 Å². The first-order valence-corrected chi connectivity index (χ1v) is 7.03.